The highest BCUT2D eigenvalue weighted by atomic mass is 16.8. The molecule has 5 rings (SSSR count). The topological polar surface area (TPSA) is 282 Å². The molecule has 0 bridgehead atoms. The zero-order valence-electron chi connectivity index (χ0n) is 30.1. The molecule has 0 radical (unpaired) electrons. The lowest BCUT2D eigenvalue weighted by molar-refractivity contribution is -0.362. The Hall–Kier alpha value is -3.67. The number of esters is 1. The monoisotopic (exact) mass is 784 g/mol. The average Bonchev–Trinajstić information content (AvgIpc) is 3.17. The highest BCUT2D eigenvalue weighted by Crippen LogP contribution is 2.33. The molecule has 14 atom stereocenters. The Labute approximate surface area is 315 Å². The minimum Gasteiger partial charge on any atom is -0.504 e. The van der Waals surface area contributed by atoms with Gasteiger partial charge in [0.2, 0.25) is 0 Å². The molecule has 9 N–H and O–H groups in total. The highest BCUT2D eigenvalue weighted by molar-refractivity contribution is 5.87. The number of phenolic OH excluding ortho intramolecular Hbond substituents is 2. The first-order chi connectivity index (χ1) is 26.2. The van der Waals surface area contributed by atoms with Crippen molar-refractivity contribution in [1.29, 1.82) is 0 Å². The Morgan fingerprint density at radius 1 is 0.764 bits per heavy atom. The molecule has 3 aliphatic heterocycles. The summed E-state index contributed by atoms with van der Waals surface area (Å²) in [5.41, 5.74) is 1.06. The Balaban J connectivity index is 1.42. The highest BCUT2D eigenvalue weighted by Gasteiger charge is 2.53. The van der Waals surface area contributed by atoms with E-state index in [2.05, 4.69) is 0 Å². The predicted molar refractivity (Wildman–Crippen MR) is 183 cm³/mol. The van der Waals surface area contributed by atoms with Gasteiger partial charge in [0, 0.05) is 6.08 Å². The number of ether oxygens (including phenoxy) is 9. The summed E-state index contributed by atoms with van der Waals surface area (Å²) in [6.45, 7) is 0.361. The summed E-state index contributed by atoms with van der Waals surface area (Å²) < 4.78 is 50.6. The van der Waals surface area contributed by atoms with E-state index in [4.69, 9.17) is 42.6 Å². The van der Waals surface area contributed by atoms with Gasteiger partial charge in [-0.05, 0) is 54.8 Å². The Kier molecular flexibility index (Phi) is 14.7. The minimum atomic E-state index is -1.84. The van der Waals surface area contributed by atoms with E-state index in [-0.39, 0.29) is 42.6 Å². The van der Waals surface area contributed by atoms with Crippen LogP contribution in [0.4, 0.5) is 0 Å². The second-order valence-electron chi connectivity index (χ2n) is 13.2. The molecule has 3 aliphatic rings. The predicted octanol–water partition coefficient (Wildman–Crippen LogP) is -1.95. The summed E-state index contributed by atoms with van der Waals surface area (Å²) in [7, 11) is 2.75. The van der Waals surface area contributed by atoms with Gasteiger partial charge in [0.05, 0.1) is 40.1 Å². The van der Waals surface area contributed by atoms with E-state index in [1.807, 2.05) is 0 Å². The average molecular weight is 785 g/mol. The van der Waals surface area contributed by atoms with Gasteiger partial charge < -0.3 is 88.6 Å². The van der Waals surface area contributed by atoms with Crippen LogP contribution in [0.5, 0.6) is 23.0 Å². The SMILES string of the molecule is COc1ccc(CCO[C@@H]2O[C@H](CO[C@@H]3OC[C@H](O)[C@H](O)[C@H]3O)[C@@H](OC(=O)C=Cc3ccc(O)c(OC)c3)[C@H](O[C@@H]3O[C@@H](C)[C@H](O)[C@@H](O)[C@H]3O)[C@H]2O)cc1O. The summed E-state index contributed by atoms with van der Waals surface area (Å²) in [6, 6.07) is 9.00. The van der Waals surface area contributed by atoms with Crippen LogP contribution in [0.1, 0.15) is 18.1 Å². The van der Waals surface area contributed by atoms with Crippen molar-refractivity contribution in [2.24, 2.45) is 0 Å². The first-order valence-corrected chi connectivity index (χ1v) is 17.4. The number of carbonyl (C=O) groups excluding carboxylic acids is 1. The van der Waals surface area contributed by atoms with E-state index in [9.17, 15) is 50.8 Å². The third kappa shape index (κ3) is 10.2. The van der Waals surface area contributed by atoms with E-state index in [1.165, 1.54) is 51.5 Å². The quantitative estimate of drug-likeness (QED) is 0.0744. The molecule has 0 aromatic heterocycles. The van der Waals surface area contributed by atoms with Crippen molar-refractivity contribution in [2.45, 2.75) is 99.4 Å². The minimum absolute atomic E-state index is 0.101. The maximum atomic E-state index is 13.4. The molecule has 3 heterocycles. The van der Waals surface area contributed by atoms with E-state index in [1.54, 1.807) is 12.1 Å². The molecule has 2 aromatic rings. The number of hydrogen-bond donors (Lipinski definition) is 9. The van der Waals surface area contributed by atoms with Crippen LogP contribution in [0.25, 0.3) is 6.08 Å². The molecule has 0 aliphatic carbocycles. The maximum Gasteiger partial charge on any atom is 0.331 e. The van der Waals surface area contributed by atoms with Crippen LogP contribution in [0.2, 0.25) is 0 Å². The number of phenols is 2. The zero-order chi connectivity index (χ0) is 40.0. The van der Waals surface area contributed by atoms with Gasteiger partial charge in [-0.2, -0.15) is 0 Å². The molecule has 19 heteroatoms. The van der Waals surface area contributed by atoms with Gasteiger partial charge >= 0.3 is 5.97 Å². The normalized spacial score (nSPS) is 35.4. The largest absolute Gasteiger partial charge is 0.504 e. The molecule has 0 saturated carbocycles. The number of aliphatic hydroxyl groups excluding tert-OH is 7. The molecule has 306 valence electrons. The van der Waals surface area contributed by atoms with Crippen molar-refractivity contribution in [2.75, 3.05) is 34.0 Å². The van der Waals surface area contributed by atoms with Crippen LogP contribution >= 0.6 is 0 Å². The smallest absolute Gasteiger partial charge is 0.331 e. The first kappa shape index (κ1) is 42.5. The molecule has 0 spiro atoms. The summed E-state index contributed by atoms with van der Waals surface area (Å²) in [4.78, 5) is 13.4. The van der Waals surface area contributed by atoms with Crippen LogP contribution in [-0.2, 0) is 44.4 Å². The van der Waals surface area contributed by atoms with E-state index in [0.717, 1.165) is 6.08 Å². The lowest BCUT2D eigenvalue weighted by atomic mass is 9.96. The first-order valence-electron chi connectivity index (χ1n) is 17.4. The lowest BCUT2D eigenvalue weighted by Crippen LogP contribution is -2.65. The molecule has 0 amide bonds. The van der Waals surface area contributed by atoms with Gasteiger partial charge in [-0.3, -0.25) is 0 Å². The number of hydrogen-bond acceptors (Lipinski definition) is 19. The fourth-order valence-corrected chi connectivity index (χ4v) is 6.18. The van der Waals surface area contributed by atoms with E-state index >= 15 is 0 Å². The fraction of sp³-hybridized carbons (Fsp3) is 0.583. The fourth-order valence-electron chi connectivity index (χ4n) is 6.18. The van der Waals surface area contributed by atoms with Gasteiger partial charge in [-0.1, -0.05) is 12.1 Å². The van der Waals surface area contributed by atoms with Crippen molar-refractivity contribution in [3.05, 3.63) is 53.6 Å². The van der Waals surface area contributed by atoms with Crippen molar-refractivity contribution in [3.8, 4) is 23.0 Å². The van der Waals surface area contributed by atoms with Crippen molar-refractivity contribution in [3.63, 3.8) is 0 Å². The molecule has 2 aromatic carbocycles. The number of carbonyl (C=O) groups is 1. The molecular weight excluding hydrogens is 736 g/mol. The van der Waals surface area contributed by atoms with E-state index in [0.29, 0.717) is 11.1 Å². The second-order valence-corrected chi connectivity index (χ2v) is 13.2. The number of aromatic hydroxyl groups is 2. The second kappa shape index (κ2) is 19.0. The van der Waals surface area contributed by atoms with Crippen molar-refractivity contribution in [1.82, 2.24) is 0 Å². The van der Waals surface area contributed by atoms with Gasteiger partial charge in [0.25, 0.3) is 0 Å². The number of benzene rings is 2. The zero-order valence-corrected chi connectivity index (χ0v) is 30.1. The summed E-state index contributed by atoms with van der Waals surface area (Å²) >= 11 is 0. The lowest BCUT2D eigenvalue weighted by Gasteiger charge is -2.47. The Bertz CT molecular complexity index is 1590. The number of aliphatic hydroxyl groups is 7. The van der Waals surface area contributed by atoms with Crippen LogP contribution in [0, 0.1) is 0 Å². The Morgan fingerprint density at radius 2 is 1.49 bits per heavy atom. The van der Waals surface area contributed by atoms with Crippen molar-refractivity contribution < 1.29 is 93.4 Å². The third-order valence-electron chi connectivity index (χ3n) is 9.38. The molecule has 0 unspecified atom stereocenters. The van der Waals surface area contributed by atoms with Crippen LogP contribution < -0.4 is 9.47 Å². The summed E-state index contributed by atoms with van der Waals surface area (Å²) in [6.07, 6.45) is -19.4. The van der Waals surface area contributed by atoms with Crippen molar-refractivity contribution >= 4 is 12.0 Å². The van der Waals surface area contributed by atoms with E-state index < -0.39 is 98.6 Å². The number of methoxy groups -OCH3 is 2. The third-order valence-corrected chi connectivity index (χ3v) is 9.38. The molecule has 3 fully saturated rings. The maximum absolute atomic E-state index is 13.4. The van der Waals surface area contributed by atoms with Crippen LogP contribution in [-0.4, -0.2) is 172 Å². The number of rotatable bonds is 14. The Morgan fingerprint density at radius 3 is 2.20 bits per heavy atom. The standard InChI is InChI=1S/C36H48O19/c1-16-26(41)28(43)30(45)36(52-16)55-33-31(46)35(49-11-10-18-5-8-22(47-2)20(38)12-18)53-24(15-51-34-29(44)27(42)21(39)14-50-34)32(33)54-25(40)9-6-17-4-7-19(37)23(13-17)48-3/h4-9,12-13,16,21,24,26-39,41-46H,10-11,14-15H2,1-3H3/t16-,21-,24+,26-,27-,28+,29+,30+,31+,32+,33+,34-,35+,36-/m0/s1. The molecular formula is C36H48O19. The molecule has 55 heavy (non-hydrogen) atoms. The van der Waals surface area contributed by atoms with Crippen LogP contribution in [0.15, 0.2) is 42.5 Å². The van der Waals surface area contributed by atoms with Gasteiger partial charge in [-0.25, -0.2) is 4.79 Å². The van der Waals surface area contributed by atoms with Gasteiger partial charge in [0.15, 0.2) is 48.0 Å². The van der Waals surface area contributed by atoms with Gasteiger partial charge in [0.1, 0.15) is 54.9 Å². The van der Waals surface area contributed by atoms with Gasteiger partial charge in [-0.15, -0.1) is 0 Å². The molecule has 19 nitrogen and oxygen atoms in total. The van der Waals surface area contributed by atoms with Crippen LogP contribution in [0.3, 0.4) is 0 Å². The summed E-state index contributed by atoms with van der Waals surface area (Å²) in [5.74, 6) is -0.848. The molecule has 3 saturated heterocycles. The summed E-state index contributed by atoms with van der Waals surface area (Å²) in [5, 5.41) is 93.9.